The zero-order valence-corrected chi connectivity index (χ0v) is 11.8. The normalized spacial score (nSPS) is 14.2. The topological polar surface area (TPSA) is 61.4 Å². The zero-order valence-electron chi connectivity index (χ0n) is 11.8. The van der Waals surface area contributed by atoms with Gasteiger partial charge in [0.25, 0.3) is 0 Å². The van der Waals surface area contributed by atoms with E-state index in [1.54, 1.807) is 4.90 Å². The van der Waals surface area contributed by atoms with E-state index in [-0.39, 0.29) is 18.5 Å². The molecule has 0 aromatic heterocycles. The molecule has 2 N–H and O–H groups in total. The van der Waals surface area contributed by atoms with E-state index in [1.165, 1.54) is 0 Å². The number of hydrogen-bond acceptors (Lipinski definition) is 2. The van der Waals surface area contributed by atoms with Crippen molar-refractivity contribution in [3.63, 3.8) is 0 Å². The third-order valence-electron chi connectivity index (χ3n) is 3.56. The van der Waals surface area contributed by atoms with E-state index in [9.17, 15) is 9.59 Å². The van der Waals surface area contributed by atoms with Gasteiger partial charge in [-0.3, -0.25) is 4.79 Å². The number of benzene rings is 1. The van der Waals surface area contributed by atoms with Crippen molar-refractivity contribution in [2.24, 2.45) is 0 Å². The molecule has 1 fully saturated rings. The van der Waals surface area contributed by atoms with Crippen molar-refractivity contribution in [1.82, 2.24) is 15.5 Å². The van der Waals surface area contributed by atoms with Crippen LogP contribution in [0.1, 0.15) is 24.0 Å². The summed E-state index contributed by atoms with van der Waals surface area (Å²) in [5.41, 5.74) is 2.22. The van der Waals surface area contributed by atoms with Gasteiger partial charge in [0, 0.05) is 19.6 Å². The number of urea groups is 1. The van der Waals surface area contributed by atoms with Crippen molar-refractivity contribution < 1.29 is 9.59 Å². The zero-order chi connectivity index (χ0) is 14.4. The molecule has 1 aromatic rings. The summed E-state index contributed by atoms with van der Waals surface area (Å²) in [5, 5.41) is 5.37. The summed E-state index contributed by atoms with van der Waals surface area (Å²) < 4.78 is 0. The Hall–Kier alpha value is -2.04. The molecule has 1 aromatic carbocycles. The van der Waals surface area contributed by atoms with Crippen molar-refractivity contribution >= 4 is 11.9 Å². The minimum atomic E-state index is -0.305. The summed E-state index contributed by atoms with van der Waals surface area (Å²) in [6.07, 6.45) is 2.12. The Balaban J connectivity index is 1.70. The maximum atomic E-state index is 11.8. The first kappa shape index (κ1) is 14.4. The van der Waals surface area contributed by atoms with Crippen LogP contribution < -0.4 is 10.6 Å². The molecule has 1 saturated heterocycles. The summed E-state index contributed by atoms with van der Waals surface area (Å²) in [5.74, 6) is -0.00598. The summed E-state index contributed by atoms with van der Waals surface area (Å²) in [4.78, 5) is 25.2. The van der Waals surface area contributed by atoms with Crippen LogP contribution in [0.25, 0.3) is 0 Å². The number of carbonyl (C=O) groups is 2. The van der Waals surface area contributed by atoms with Gasteiger partial charge in [-0.25, -0.2) is 4.79 Å². The van der Waals surface area contributed by atoms with Crippen LogP contribution in [0.5, 0.6) is 0 Å². The minimum absolute atomic E-state index is 0.00598. The van der Waals surface area contributed by atoms with Gasteiger partial charge in [0.1, 0.15) is 0 Å². The van der Waals surface area contributed by atoms with Crippen LogP contribution in [0.2, 0.25) is 0 Å². The first-order valence-corrected chi connectivity index (χ1v) is 7.01. The molecule has 0 bridgehead atoms. The second-order valence-electron chi connectivity index (χ2n) is 5.05. The Morgan fingerprint density at radius 2 is 1.85 bits per heavy atom. The van der Waals surface area contributed by atoms with Crippen molar-refractivity contribution in [1.29, 1.82) is 0 Å². The lowest BCUT2D eigenvalue weighted by molar-refractivity contribution is -0.128. The Morgan fingerprint density at radius 1 is 1.15 bits per heavy atom. The molecule has 20 heavy (non-hydrogen) atoms. The molecule has 0 atom stereocenters. The molecule has 1 aliphatic rings. The lowest BCUT2D eigenvalue weighted by Gasteiger charge is -2.15. The second kappa shape index (κ2) is 6.93. The highest BCUT2D eigenvalue weighted by atomic mass is 16.2. The van der Waals surface area contributed by atoms with E-state index in [0.29, 0.717) is 6.54 Å². The molecule has 3 amide bonds. The highest BCUT2D eigenvalue weighted by Crippen LogP contribution is 2.07. The number of amides is 3. The van der Waals surface area contributed by atoms with Crippen LogP contribution in [0.15, 0.2) is 24.3 Å². The quantitative estimate of drug-likeness (QED) is 0.873. The van der Waals surface area contributed by atoms with Crippen molar-refractivity contribution in [3.05, 3.63) is 35.4 Å². The Bertz CT molecular complexity index is 482. The molecular formula is C15H21N3O2. The predicted octanol–water partition coefficient (Wildman–Crippen LogP) is 1.42. The Labute approximate surface area is 119 Å². The molecule has 0 unspecified atom stereocenters. The fourth-order valence-electron chi connectivity index (χ4n) is 2.28. The number of nitrogens with one attached hydrogen (secondary N) is 2. The van der Waals surface area contributed by atoms with Crippen molar-refractivity contribution in [2.45, 2.75) is 26.3 Å². The van der Waals surface area contributed by atoms with Gasteiger partial charge >= 0.3 is 6.03 Å². The summed E-state index contributed by atoms with van der Waals surface area (Å²) in [6, 6.07) is 7.59. The molecule has 0 radical (unpaired) electrons. The predicted molar refractivity (Wildman–Crippen MR) is 77.2 cm³/mol. The monoisotopic (exact) mass is 275 g/mol. The first-order valence-electron chi connectivity index (χ1n) is 7.01. The first-order chi connectivity index (χ1) is 9.66. The minimum Gasteiger partial charge on any atom is -0.341 e. The molecule has 2 rings (SSSR count). The smallest absolute Gasteiger partial charge is 0.315 e. The Morgan fingerprint density at radius 3 is 2.55 bits per heavy atom. The van der Waals surface area contributed by atoms with Gasteiger partial charge in [0.05, 0.1) is 6.54 Å². The van der Waals surface area contributed by atoms with Crippen LogP contribution in [0, 0.1) is 6.92 Å². The summed E-state index contributed by atoms with van der Waals surface area (Å²) >= 11 is 0. The van der Waals surface area contributed by atoms with Gasteiger partial charge in [-0.05, 0) is 30.9 Å². The second-order valence-corrected chi connectivity index (χ2v) is 5.05. The van der Waals surface area contributed by atoms with Gasteiger partial charge in [-0.1, -0.05) is 24.3 Å². The van der Waals surface area contributed by atoms with E-state index in [2.05, 4.69) is 10.6 Å². The van der Waals surface area contributed by atoms with E-state index < -0.39 is 0 Å². The molecule has 108 valence electrons. The molecular weight excluding hydrogens is 254 g/mol. The maximum Gasteiger partial charge on any atom is 0.315 e. The SMILES string of the molecule is Cc1ccccc1CNC(=O)NCC(=O)N1CCCC1. The van der Waals surface area contributed by atoms with Crippen LogP contribution in [0.3, 0.4) is 0 Å². The summed E-state index contributed by atoms with van der Waals surface area (Å²) in [7, 11) is 0. The van der Waals surface area contributed by atoms with Gasteiger partial charge in [-0.2, -0.15) is 0 Å². The van der Waals surface area contributed by atoms with E-state index in [0.717, 1.165) is 37.1 Å². The fourth-order valence-corrected chi connectivity index (χ4v) is 2.28. The third-order valence-corrected chi connectivity index (χ3v) is 3.56. The number of aryl methyl sites for hydroxylation is 1. The van der Waals surface area contributed by atoms with E-state index >= 15 is 0 Å². The maximum absolute atomic E-state index is 11.8. The van der Waals surface area contributed by atoms with Crippen LogP contribution in [-0.4, -0.2) is 36.5 Å². The Kier molecular flexibility index (Phi) is 4.98. The van der Waals surface area contributed by atoms with E-state index in [4.69, 9.17) is 0 Å². The van der Waals surface area contributed by atoms with E-state index in [1.807, 2.05) is 31.2 Å². The lowest BCUT2D eigenvalue weighted by atomic mass is 10.1. The van der Waals surface area contributed by atoms with Crippen molar-refractivity contribution in [3.8, 4) is 0 Å². The van der Waals surface area contributed by atoms with Gasteiger partial charge in [0.2, 0.25) is 5.91 Å². The third kappa shape index (κ3) is 3.98. The van der Waals surface area contributed by atoms with Gasteiger partial charge < -0.3 is 15.5 Å². The molecule has 0 saturated carbocycles. The highest BCUT2D eigenvalue weighted by Gasteiger charge is 2.17. The average Bonchev–Trinajstić information content (AvgIpc) is 2.98. The average molecular weight is 275 g/mol. The number of likely N-dealkylation sites (tertiary alicyclic amines) is 1. The molecule has 0 spiro atoms. The van der Waals surface area contributed by atoms with Gasteiger partial charge in [0.15, 0.2) is 0 Å². The number of carbonyl (C=O) groups excluding carboxylic acids is 2. The largest absolute Gasteiger partial charge is 0.341 e. The number of hydrogen-bond donors (Lipinski definition) is 2. The molecule has 0 aliphatic carbocycles. The molecule has 5 heteroatoms. The van der Waals surface area contributed by atoms with Gasteiger partial charge in [-0.15, -0.1) is 0 Å². The standard InChI is InChI=1S/C15H21N3O2/c1-12-6-2-3-7-13(12)10-16-15(20)17-11-14(19)18-8-4-5-9-18/h2-3,6-7H,4-5,8-11H2,1H3,(H2,16,17,20). The van der Waals surface area contributed by atoms with Crippen LogP contribution in [-0.2, 0) is 11.3 Å². The highest BCUT2D eigenvalue weighted by molar-refractivity contribution is 5.84. The molecule has 5 nitrogen and oxygen atoms in total. The summed E-state index contributed by atoms with van der Waals surface area (Å²) in [6.45, 7) is 4.17. The van der Waals surface area contributed by atoms with Crippen LogP contribution in [0.4, 0.5) is 4.79 Å². The molecule has 1 heterocycles. The number of nitrogens with zero attached hydrogens (tertiary/aromatic N) is 1. The fraction of sp³-hybridized carbons (Fsp3) is 0.467. The van der Waals surface area contributed by atoms with Crippen LogP contribution >= 0.6 is 0 Å². The lowest BCUT2D eigenvalue weighted by Crippen LogP contribution is -2.42. The van der Waals surface area contributed by atoms with Crippen molar-refractivity contribution in [2.75, 3.05) is 19.6 Å². The molecule has 1 aliphatic heterocycles. The number of rotatable bonds is 4.